The lowest BCUT2D eigenvalue weighted by molar-refractivity contribution is -0.136. The Morgan fingerprint density at radius 3 is 2.47 bits per heavy atom. The van der Waals surface area contributed by atoms with Gasteiger partial charge in [0.2, 0.25) is 5.91 Å². The molecule has 10 heteroatoms. The van der Waals surface area contributed by atoms with Crippen LogP contribution in [-0.4, -0.2) is 54.3 Å². The van der Waals surface area contributed by atoms with Crippen LogP contribution in [0.1, 0.15) is 15.9 Å². The zero-order valence-electron chi connectivity index (χ0n) is 20.5. The van der Waals surface area contributed by atoms with Gasteiger partial charge in [0.25, 0.3) is 0 Å². The number of carbonyl (C=O) groups is 3. The minimum absolute atomic E-state index is 0.0578. The smallest absolute Gasteiger partial charge is 0.317 e. The van der Waals surface area contributed by atoms with Crippen molar-refractivity contribution in [3.05, 3.63) is 89.7 Å². The van der Waals surface area contributed by atoms with E-state index in [1.54, 1.807) is 42.5 Å². The second-order valence-corrected chi connectivity index (χ2v) is 8.70. The summed E-state index contributed by atoms with van der Waals surface area (Å²) in [6.07, 6.45) is 1.30. The Labute approximate surface area is 216 Å². The van der Waals surface area contributed by atoms with Crippen LogP contribution in [0.4, 0.5) is 8.78 Å². The van der Waals surface area contributed by atoms with Crippen molar-refractivity contribution in [2.45, 2.75) is 12.6 Å². The number of hydrogen-bond donors (Lipinski definition) is 2. The predicted molar refractivity (Wildman–Crippen MR) is 135 cm³/mol. The highest BCUT2D eigenvalue weighted by molar-refractivity contribution is 6.13. The third kappa shape index (κ3) is 5.70. The van der Waals surface area contributed by atoms with Gasteiger partial charge < -0.3 is 19.2 Å². The summed E-state index contributed by atoms with van der Waals surface area (Å²) < 4.78 is 39.2. The van der Waals surface area contributed by atoms with Gasteiger partial charge in [0.15, 0.2) is 23.5 Å². The molecule has 0 aliphatic carbocycles. The Balaban J connectivity index is 1.47. The molecule has 0 aliphatic heterocycles. The van der Waals surface area contributed by atoms with Crippen molar-refractivity contribution in [2.24, 2.45) is 0 Å². The van der Waals surface area contributed by atoms with E-state index in [0.717, 1.165) is 6.07 Å². The van der Waals surface area contributed by atoms with E-state index < -0.39 is 41.9 Å². The van der Waals surface area contributed by atoms with E-state index in [4.69, 9.17) is 14.3 Å². The van der Waals surface area contributed by atoms with Crippen molar-refractivity contribution in [2.75, 3.05) is 20.6 Å². The third-order valence-electron chi connectivity index (χ3n) is 5.82. The van der Waals surface area contributed by atoms with E-state index in [-0.39, 0.29) is 23.1 Å². The number of ketones is 1. The zero-order valence-corrected chi connectivity index (χ0v) is 20.5. The highest BCUT2D eigenvalue weighted by Crippen LogP contribution is 2.33. The van der Waals surface area contributed by atoms with Crippen LogP contribution in [0, 0.1) is 11.6 Å². The number of ether oxygens (including phenoxy) is 1. The Hall–Kier alpha value is -4.57. The number of nitrogens with zero attached hydrogens (tertiary/aromatic N) is 1. The lowest BCUT2D eigenvalue weighted by atomic mass is 10.0. The van der Waals surface area contributed by atoms with Crippen molar-refractivity contribution in [3.8, 4) is 16.9 Å². The SMILES string of the molecule is CN(C)C(=O)C(NCC(=O)O)C(=O)c1cccc(COc2ccc(-c3cc(F)c(F)c4ccoc34)cc2)c1. The largest absolute Gasteiger partial charge is 0.489 e. The molecule has 1 unspecified atom stereocenters. The first-order valence-electron chi connectivity index (χ1n) is 11.5. The van der Waals surface area contributed by atoms with Gasteiger partial charge in [-0.2, -0.15) is 0 Å². The summed E-state index contributed by atoms with van der Waals surface area (Å²) in [5.74, 6) is -3.77. The molecule has 1 heterocycles. The molecule has 1 atom stereocenters. The fourth-order valence-corrected chi connectivity index (χ4v) is 3.91. The molecule has 2 N–H and O–H groups in total. The van der Waals surface area contributed by atoms with Crippen molar-refractivity contribution < 1.29 is 37.4 Å². The summed E-state index contributed by atoms with van der Waals surface area (Å²) in [6.45, 7) is -0.451. The number of likely N-dealkylation sites (N-methyl/N-ethyl adjacent to an activating group) is 1. The fraction of sp³-hybridized carbons (Fsp3) is 0.179. The normalized spacial score (nSPS) is 11.8. The van der Waals surface area contributed by atoms with Crippen molar-refractivity contribution in [1.29, 1.82) is 0 Å². The quantitative estimate of drug-likeness (QED) is 0.237. The molecule has 0 saturated heterocycles. The van der Waals surface area contributed by atoms with E-state index >= 15 is 0 Å². The highest BCUT2D eigenvalue weighted by atomic mass is 19.2. The van der Waals surface area contributed by atoms with Crippen LogP contribution >= 0.6 is 0 Å². The van der Waals surface area contributed by atoms with E-state index in [1.165, 1.54) is 37.4 Å². The number of carboxylic acid groups (broad SMARTS) is 1. The number of aliphatic carboxylic acids is 1. The first kappa shape index (κ1) is 26.5. The summed E-state index contributed by atoms with van der Waals surface area (Å²) >= 11 is 0. The fourth-order valence-electron chi connectivity index (χ4n) is 3.91. The number of Topliss-reactive ketones (excluding diaryl/α,β-unsaturated/α-hetero) is 1. The van der Waals surface area contributed by atoms with Gasteiger partial charge in [-0.15, -0.1) is 0 Å². The van der Waals surface area contributed by atoms with E-state index in [2.05, 4.69) is 5.32 Å². The molecule has 0 bridgehead atoms. The van der Waals surface area contributed by atoms with Crippen LogP contribution in [0.2, 0.25) is 0 Å². The summed E-state index contributed by atoms with van der Waals surface area (Å²) in [5, 5.41) is 11.5. The molecular formula is C28H24F2N2O6. The molecule has 0 aliphatic rings. The maximum atomic E-state index is 14.0. The Bertz CT molecular complexity index is 1500. The average Bonchev–Trinajstić information content (AvgIpc) is 3.40. The van der Waals surface area contributed by atoms with Crippen LogP contribution < -0.4 is 10.1 Å². The van der Waals surface area contributed by atoms with Crippen molar-refractivity contribution in [1.82, 2.24) is 10.2 Å². The van der Waals surface area contributed by atoms with Gasteiger partial charge in [-0.1, -0.05) is 30.3 Å². The molecule has 196 valence electrons. The number of hydrogen-bond acceptors (Lipinski definition) is 6. The molecule has 1 aromatic heterocycles. The molecule has 3 aromatic carbocycles. The number of furan rings is 1. The van der Waals surface area contributed by atoms with E-state index in [0.29, 0.717) is 22.4 Å². The predicted octanol–water partition coefficient (Wildman–Crippen LogP) is 4.27. The zero-order chi connectivity index (χ0) is 27.4. The molecule has 8 nitrogen and oxygen atoms in total. The lowest BCUT2D eigenvalue weighted by Gasteiger charge is -2.20. The third-order valence-corrected chi connectivity index (χ3v) is 5.82. The standard InChI is InChI=1S/C28H24F2N2O6/c1-32(2)28(36)25(31-14-23(33)34)26(35)18-5-3-4-16(12-18)15-38-19-8-6-17(7-9-19)21-13-22(29)24(30)20-10-11-37-27(20)21/h3-13,25,31H,14-15H2,1-2H3,(H,33,34). The molecule has 0 fully saturated rings. The van der Waals surface area contributed by atoms with Crippen molar-refractivity contribution in [3.63, 3.8) is 0 Å². The number of rotatable bonds is 10. The number of amides is 1. The van der Waals surface area contributed by atoms with Crippen LogP contribution in [0.3, 0.4) is 0 Å². The minimum Gasteiger partial charge on any atom is -0.489 e. The number of carboxylic acids is 1. The number of fused-ring (bicyclic) bond motifs is 1. The van der Waals surface area contributed by atoms with Gasteiger partial charge >= 0.3 is 5.97 Å². The average molecular weight is 523 g/mol. The number of carbonyl (C=O) groups excluding carboxylic acids is 2. The van der Waals surface area contributed by atoms with Gasteiger partial charge in [0, 0.05) is 25.2 Å². The monoisotopic (exact) mass is 522 g/mol. The molecule has 0 spiro atoms. The minimum atomic E-state index is -1.35. The summed E-state index contributed by atoms with van der Waals surface area (Å²) in [5.41, 5.74) is 2.12. The molecule has 4 aromatic rings. The first-order chi connectivity index (χ1) is 18.2. The second-order valence-electron chi connectivity index (χ2n) is 8.70. The highest BCUT2D eigenvalue weighted by Gasteiger charge is 2.29. The molecule has 1 amide bonds. The van der Waals surface area contributed by atoms with Crippen LogP contribution in [0.15, 0.2) is 71.3 Å². The van der Waals surface area contributed by atoms with Gasteiger partial charge in [-0.3, -0.25) is 19.7 Å². The molecular weight excluding hydrogens is 498 g/mol. The van der Waals surface area contributed by atoms with Gasteiger partial charge in [0.1, 0.15) is 17.9 Å². The number of halogens is 2. The van der Waals surface area contributed by atoms with Crippen LogP contribution in [0.25, 0.3) is 22.1 Å². The molecule has 0 radical (unpaired) electrons. The summed E-state index contributed by atoms with van der Waals surface area (Å²) in [4.78, 5) is 37.7. The van der Waals surface area contributed by atoms with Crippen molar-refractivity contribution >= 4 is 28.6 Å². The Morgan fingerprint density at radius 2 is 1.79 bits per heavy atom. The lowest BCUT2D eigenvalue weighted by Crippen LogP contribution is -2.50. The van der Waals surface area contributed by atoms with Crippen LogP contribution in [0.5, 0.6) is 5.75 Å². The number of benzene rings is 3. The molecule has 38 heavy (non-hydrogen) atoms. The maximum Gasteiger partial charge on any atom is 0.317 e. The summed E-state index contributed by atoms with van der Waals surface area (Å²) in [7, 11) is 2.95. The number of nitrogens with one attached hydrogen (secondary N) is 1. The summed E-state index contributed by atoms with van der Waals surface area (Å²) in [6, 6.07) is 14.3. The van der Waals surface area contributed by atoms with Gasteiger partial charge in [0.05, 0.1) is 18.2 Å². The maximum absolute atomic E-state index is 14.0. The van der Waals surface area contributed by atoms with Gasteiger partial charge in [-0.05, 0) is 41.5 Å². The molecule has 4 rings (SSSR count). The van der Waals surface area contributed by atoms with Gasteiger partial charge in [-0.25, -0.2) is 8.78 Å². The second kappa shape index (κ2) is 11.2. The topological polar surface area (TPSA) is 109 Å². The Kier molecular flexibility index (Phi) is 7.82. The van der Waals surface area contributed by atoms with Crippen LogP contribution in [-0.2, 0) is 16.2 Å². The first-order valence-corrected chi connectivity index (χ1v) is 11.5. The van der Waals surface area contributed by atoms with E-state index in [9.17, 15) is 23.2 Å². The Morgan fingerprint density at radius 1 is 1.05 bits per heavy atom. The molecule has 0 saturated carbocycles. The van der Waals surface area contributed by atoms with E-state index in [1.807, 2.05) is 0 Å².